The highest BCUT2D eigenvalue weighted by molar-refractivity contribution is 5.85. The van der Waals surface area contributed by atoms with Crippen LogP contribution in [0.25, 0.3) is 0 Å². The lowest BCUT2D eigenvalue weighted by atomic mass is 10.1. The van der Waals surface area contributed by atoms with Crippen LogP contribution in [0.1, 0.15) is 23.8 Å². The van der Waals surface area contributed by atoms with Gasteiger partial charge in [-0.15, -0.1) is 10.2 Å². The third-order valence-electron chi connectivity index (χ3n) is 2.59. The average molecular weight is 223 g/mol. The molecule has 16 heavy (non-hydrogen) atoms. The zero-order chi connectivity index (χ0) is 11.5. The van der Waals surface area contributed by atoms with Gasteiger partial charge in [0, 0.05) is 6.61 Å². The average Bonchev–Trinajstić information content (AvgIpc) is 2.65. The van der Waals surface area contributed by atoms with Crippen LogP contribution in [0.15, 0.2) is 12.1 Å². The maximum absolute atomic E-state index is 10.6. The second kappa shape index (κ2) is 4.44. The van der Waals surface area contributed by atoms with Crippen molar-refractivity contribution in [2.75, 3.05) is 11.9 Å². The number of ether oxygens (including phenoxy) is 1. The normalized spacial score (nSPS) is 24.3. The van der Waals surface area contributed by atoms with E-state index in [9.17, 15) is 4.79 Å². The van der Waals surface area contributed by atoms with Crippen LogP contribution in [0.3, 0.4) is 0 Å². The Morgan fingerprint density at radius 3 is 2.88 bits per heavy atom. The smallest absolute Gasteiger partial charge is 0.356 e. The molecule has 0 bridgehead atoms. The number of hydrogen-bond acceptors (Lipinski definition) is 5. The molecule has 1 aromatic rings. The third-order valence-corrected chi connectivity index (χ3v) is 2.59. The number of rotatable bonds is 3. The molecule has 86 valence electrons. The van der Waals surface area contributed by atoms with E-state index in [1.807, 2.05) is 6.92 Å². The summed E-state index contributed by atoms with van der Waals surface area (Å²) in [6.45, 7) is 2.73. The molecule has 0 aliphatic carbocycles. The second-order valence-corrected chi connectivity index (χ2v) is 3.72. The number of carboxylic acid groups (broad SMARTS) is 1. The van der Waals surface area contributed by atoms with Gasteiger partial charge in [0.2, 0.25) is 0 Å². The van der Waals surface area contributed by atoms with Crippen LogP contribution < -0.4 is 5.32 Å². The van der Waals surface area contributed by atoms with Gasteiger partial charge < -0.3 is 15.2 Å². The van der Waals surface area contributed by atoms with Crippen LogP contribution in [0.5, 0.6) is 0 Å². The Morgan fingerprint density at radius 1 is 1.56 bits per heavy atom. The van der Waals surface area contributed by atoms with Crippen LogP contribution in [-0.2, 0) is 4.74 Å². The lowest BCUT2D eigenvalue weighted by Gasteiger charge is -2.15. The van der Waals surface area contributed by atoms with Gasteiger partial charge >= 0.3 is 5.97 Å². The minimum atomic E-state index is -1.07. The van der Waals surface area contributed by atoms with Crippen LogP contribution in [0.2, 0.25) is 0 Å². The van der Waals surface area contributed by atoms with Gasteiger partial charge in [0.05, 0.1) is 12.1 Å². The number of aromatic nitrogens is 2. The first-order chi connectivity index (χ1) is 7.66. The zero-order valence-electron chi connectivity index (χ0n) is 8.88. The molecule has 2 heterocycles. The van der Waals surface area contributed by atoms with Crippen molar-refractivity contribution in [3.63, 3.8) is 0 Å². The van der Waals surface area contributed by atoms with Crippen molar-refractivity contribution in [2.24, 2.45) is 0 Å². The number of nitrogens with one attached hydrogen (secondary N) is 1. The lowest BCUT2D eigenvalue weighted by Crippen LogP contribution is -2.27. The topological polar surface area (TPSA) is 84.3 Å². The summed E-state index contributed by atoms with van der Waals surface area (Å²) in [5.74, 6) is -0.496. The Kier molecular flexibility index (Phi) is 3.00. The molecule has 6 nitrogen and oxygen atoms in total. The van der Waals surface area contributed by atoms with Crippen LogP contribution in [-0.4, -0.2) is 40.0 Å². The number of carbonyl (C=O) groups is 1. The Hall–Kier alpha value is -1.69. The molecule has 0 amide bonds. The Morgan fingerprint density at radius 2 is 2.38 bits per heavy atom. The zero-order valence-corrected chi connectivity index (χ0v) is 8.88. The summed E-state index contributed by atoms with van der Waals surface area (Å²) in [4.78, 5) is 10.6. The summed E-state index contributed by atoms with van der Waals surface area (Å²) in [5, 5.41) is 19.2. The van der Waals surface area contributed by atoms with Crippen LogP contribution in [0.4, 0.5) is 5.82 Å². The van der Waals surface area contributed by atoms with E-state index in [1.165, 1.54) is 6.07 Å². The fraction of sp³-hybridized carbons (Fsp3) is 0.500. The van der Waals surface area contributed by atoms with Gasteiger partial charge in [0.1, 0.15) is 5.82 Å². The molecule has 0 spiro atoms. The number of nitrogens with zero attached hydrogens (tertiary/aromatic N) is 2. The van der Waals surface area contributed by atoms with Gasteiger partial charge in [-0.25, -0.2) is 4.79 Å². The Balaban J connectivity index is 2.02. The Bertz CT molecular complexity index is 379. The first kappa shape index (κ1) is 10.8. The first-order valence-corrected chi connectivity index (χ1v) is 5.12. The SMILES string of the molecule is CC1OCCC1Nc1ccc(C(=O)O)nn1. The molecule has 1 saturated heterocycles. The van der Waals surface area contributed by atoms with E-state index in [-0.39, 0.29) is 17.8 Å². The highest BCUT2D eigenvalue weighted by atomic mass is 16.5. The molecule has 0 aromatic carbocycles. The van der Waals surface area contributed by atoms with E-state index in [2.05, 4.69) is 15.5 Å². The molecule has 1 aromatic heterocycles. The van der Waals surface area contributed by atoms with Gasteiger partial charge in [-0.3, -0.25) is 0 Å². The third kappa shape index (κ3) is 2.27. The molecule has 2 N–H and O–H groups in total. The standard InChI is InChI=1S/C10H13N3O3/c1-6-7(4-5-16-6)11-9-3-2-8(10(14)15)12-13-9/h2-3,6-7H,4-5H2,1H3,(H,11,13)(H,14,15). The summed E-state index contributed by atoms with van der Waals surface area (Å²) in [5.41, 5.74) is -0.0544. The molecule has 2 rings (SSSR count). The van der Waals surface area contributed by atoms with E-state index in [1.54, 1.807) is 6.07 Å². The van der Waals surface area contributed by atoms with Crippen molar-refractivity contribution in [3.05, 3.63) is 17.8 Å². The van der Waals surface area contributed by atoms with E-state index in [0.29, 0.717) is 5.82 Å². The van der Waals surface area contributed by atoms with Crippen molar-refractivity contribution in [1.82, 2.24) is 10.2 Å². The summed E-state index contributed by atoms with van der Waals surface area (Å²) >= 11 is 0. The number of hydrogen-bond donors (Lipinski definition) is 2. The number of anilines is 1. The predicted octanol–water partition coefficient (Wildman–Crippen LogP) is 0.764. The van der Waals surface area contributed by atoms with Gasteiger partial charge in [-0.05, 0) is 25.5 Å². The minimum absolute atomic E-state index is 0.0544. The van der Waals surface area contributed by atoms with Crippen molar-refractivity contribution in [1.29, 1.82) is 0 Å². The monoisotopic (exact) mass is 223 g/mol. The maximum atomic E-state index is 10.6. The fourth-order valence-electron chi connectivity index (χ4n) is 1.63. The van der Waals surface area contributed by atoms with Gasteiger partial charge in [-0.1, -0.05) is 0 Å². The molecule has 2 unspecified atom stereocenters. The molecule has 0 radical (unpaired) electrons. The molecule has 1 aliphatic rings. The molecule has 0 saturated carbocycles. The lowest BCUT2D eigenvalue weighted by molar-refractivity contribution is 0.0689. The van der Waals surface area contributed by atoms with E-state index >= 15 is 0 Å². The van der Waals surface area contributed by atoms with E-state index < -0.39 is 5.97 Å². The molecular weight excluding hydrogens is 210 g/mol. The van der Waals surface area contributed by atoms with Crippen molar-refractivity contribution in [2.45, 2.75) is 25.5 Å². The minimum Gasteiger partial charge on any atom is -0.476 e. The van der Waals surface area contributed by atoms with Crippen LogP contribution in [0, 0.1) is 0 Å². The van der Waals surface area contributed by atoms with Crippen molar-refractivity contribution < 1.29 is 14.6 Å². The highest BCUT2D eigenvalue weighted by Crippen LogP contribution is 2.17. The Labute approximate surface area is 92.6 Å². The van der Waals surface area contributed by atoms with Crippen molar-refractivity contribution in [3.8, 4) is 0 Å². The quantitative estimate of drug-likeness (QED) is 0.787. The molecule has 2 atom stereocenters. The van der Waals surface area contributed by atoms with Crippen molar-refractivity contribution >= 4 is 11.8 Å². The van der Waals surface area contributed by atoms with E-state index in [4.69, 9.17) is 9.84 Å². The number of carboxylic acids is 1. The summed E-state index contributed by atoms with van der Waals surface area (Å²) < 4.78 is 5.39. The molecular formula is C10H13N3O3. The van der Waals surface area contributed by atoms with Gasteiger partial charge in [-0.2, -0.15) is 0 Å². The highest BCUT2D eigenvalue weighted by Gasteiger charge is 2.24. The van der Waals surface area contributed by atoms with Gasteiger partial charge in [0.25, 0.3) is 0 Å². The van der Waals surface area contributed by atoms with Crippen LogP contribution >= 0.6 is 0 Å². The second-order valence-electron chi connectivity index (χ2n) is 3.72. The number of aromatic carboxylic acids is 1. The molecule has 1 aliphatic heterocycles. The predicted molar refractivity (Wildman–Crippen MR) is 56.4 cm³/mol. The fourth-order valence-corrected chi connectivity index (χ4v) is 1.63. The summed E-state index contributed by atoms with van der Waals surface area (Å²) in [7, 11) is 0. The first-order valence-electron chi connectivity index (χ1n) is 5.12. The maximum Gasteiger partial charge on any atom is 0.356 e. The summed E-state index contributed by atoms with van der Waals surface area (Å²) in [6, 6.07) is 3.25. The molecule has 1 fully saturated rings. The largest absolute Gasteiger partial charge is 0.476 e. The van der Waals surface area contributed by atoms with E-state index in [0.717, 1.165) is 13.0 Å². The summed E-state index contributed by atoms with van der Waals surface area (Å²) in [6.07, 6.45) is 1.06. The van der Waals surface area contributed by atoms with Gasteiger partial charge in [0.15, 0.2) is 5.69 Å². The molecule has 6 heteroatoms.